The van der Waals surface area contributed by atoms with Crippen LogP contribution in [0.25, 0.3) is 0 Å². The number of piperidine rings is 1. The van der Waals surface area contributed by atoms with E-state index in [1.165, 1.54) is 5.56 Å². The Morgan fingerprint density at radius 1 is 1.11 bits per heavy atom. The highest BCUT2D eigenvalue weighted by Gasteiger charge is 2.27. The summed E-state index contributed by atoms with van der Waals surface area (Å²) in [6.45, 7) is 8.54. The second-order valence-corrected chi connectivity index (χ2v) is 7.20. The van der Waals surface area contributed by atoms with Crippen LogP contribution in [0, 0.1) is 5.92 Å². The van der Waals surface area contributed by atoms with Gasteiger partial charge in [0.1, 0.15) is 0 Å². The summed E-state index contributed by atoms with van der Waals surface area (Å²) < 4.78 is 0. The van der Waals surface area contributed by atoms with Crippen LogP contribution < -0.4 is 10.2 Å². The van der Waals surface area contributed by atoms with Crippen LogP contribution in [0.2, 0.25) is 0 Å². The third kappa shape index (κ3) is 5.07. The first-order valence-corrected chi connectivity index (χ1v) is 10.3. The van der Waals surface area contributed by atoms with Crippen LogP contribution in [-0.4, -0.2) is 53.5 Å². The Kier molecular flexibility index (Phi) is 7.37. The molecule has 0 radical (unpaired) electrons. The monoisotopic (exact) mass is 381 g/mol. The smallest absolute Gasteiger partial charge is 0.225 e. The number of carbonyl (C=O) groups is 1. The molecule has 2 heterocycles. The van der Waals surface area contributed by atoms with Crippen LogP contribution in [-0.2, 0) is 4.79 Å². The van der Waals surface area contributed by atoms with Gasteiger partial charge in [-0.3, -0.25) is 9.69 Å². The number of rotatable bonds is 8. The molecule has 2 aromatic rings. The predicted molar refractivity (Wildman–Crippen MR) is 112 cm³/mol. The predicted octanol–water partition coefficient (Wildman–Crippen LogP) is 2.89. The highest BCUT2D eigenvalue weighted by molar-refractivity contribution is 5.79. The Balaban J connectivity index is 1.55. The lowest BCUT2D eigenvalue weighted by atomic mass is 9.95. The number of carbonyl (C=O) groups excluding carboxylic acids is 1. The zero-order chi connectivity index (χ0) is 19.8. The number of hydrogen-bond donors (Lipinski definition) is 1. The van der Waals surface area contributed by atoms with Crippen molar-refractivity contribution in [1.29, 1.82) is 0 Å². The van der Waals surface area contributed by atoms with Crippen molar-refractivity contribution in [2.24, 2.45) is 5.92 Å². The Bertz CT molecular complexity index is 712. The van der Waals surface area contributed by atoms with Crippen molar-refractivity contribution in [3.05, 3.63) is 54.4 Å². The molecule has 1 aliphatic rings. The quantitative estimate of drug-likeness (QED) is 0.762. The van der Waals surface area contributed by atoms with Gasteiger partial charge in [0.15, 0.2) is 0 Å². The third-order valence-corrected chi connectivity index (χ3v) is 5.61. The molecule has 6 nitrogen and oxygen atoms in total. The molecule has 1 saturated heterocycles. The molecule has 0 spiro atoms. The molecule has 1 N–H and O–H groups in total. The van der Waals surface area contributed by atoms with Gasteiger partial charge in [-0.15, -0.1) is 0 Å². The van der Waals surface area contributed by atoms with Crippen LogP contribution in [0.5, 0.6) is 0 Å². The van der Waals surface area contributed by atoms with E-state index in [0.717, 1.165) is 45.0 Å². The topological polar surface area (TPSA) is 61.4 Å². The highest BCUT2D eigenvalue weighted by Crippen LogP contribution is 2.22. The molecule has 1 amide bonds. The minimum atomic E-state index is 0.0630. The van der Waals surface area contributed by atoms with Crippen LogP contribution >= 0.6 is 0 Å². The van der Waals surface area contributed by atoms with Crippen molar-refractivity contribution in [1.82, 2.24) is 20.2 Å². The maximum absolute atomic E-state index is 12.8. The zero-order valence-corrected chi connectivity index (χ0v) is 16.9. The summed E-state index contributed by atoms with van der Waals surface area (Å²) in [5.74, 6) is 0.988. The number of anilines is 1. The second-order valence-electron chi connectivity index (χ2n) is 7.20. The van der Waals surface area contributed by atoms with E-state index in [9.17, 15) is 4.79 Å². The van der Waals surface area contributed by atoms with E-state index < -0.39 is 0 Å². The third-order valence-electron chi connectivity index (χ3n) is 5.61. The van der Waals surface area contributed by atoms with E-state index in [1.807, 2.05) is 12.1 Å². The number of likely N-dealkylation sites (N-methyl/N-ethyl adjacent to an activating group) is 1. The second kappa shape index (κ2) is 10.2. The van der Waals surface area contributed by atoms with Crippen molar-refractivity contribution in [3.8, 4) is 0 Å². The molecule has 1 fully saturated rings. The Hall–Kier alpha value is -2.47. The summed E-state index contributed by atoms with van der Waals surface area (Å²) in [6.07, 6.45) is 5.20. The molecule has 1 aromatic carbocycles. The van der Waals surface area contributed by atoms with E-state index in [-0.39, 0.29) is 17.9 Å². The van der Waals surface area contributed by atoms with Gasteiger partial charge in [-0.2, -0.15) is 0 Å². The Morgan fingerprint density at radius 3 is 2.36 bits per heavy atom. The van der Waals surface area contributed by atoms with Crippen molar-refractivity contribution >= 4 is 11.9 Å². The van der Waals surface area contributed by atoms with Gasteiger partial charge in [0, 0.05) is 37.9 Å². The lowest BCUT2D eigenvalue weighted by molar-refractivity contribution is -0.125. The van der Waals surface area contributed by atoms with Gasteiger partial charge >= 0.3 is 0 Å². The normalized spacial score (nSPS) is 16.2. The van der Waals surface area contributed by atoms with Gasteiger partial charge in [-0.05, 0) is 37.6 Å². The number of hydrogen-bond acceptors (Lipinski definition) is 5. The first-order chi connectivity index (χ1) is 13.7. The molecular formula is C22H31N5O. The van der Waals surface area contributed by atoms with Gasteiger partial charge < -0.3 is 10.2 Å². The average Bonchev–Trinajstić information content (AvgIpc) is 2.77. The first kappa shape index (κ1) is 20.3. The van der Waals surface area contributed by atoms with Crippen molar-refractivity contribution < 1.29 is 4.79 Å². The molecule has 0 saturated carbocycles. The van der Waals surface area contributed by atoms with Crippen molar-refractivity contribution in [3.63, 3.8) is 0 Å². The van der Waals surface area contributed by atoms with Gasteiger partial charge in [-0.25, -0.2) is 9.97 Å². The Morgan fingerprint density at radius 2 is 1.75 bits per heavy atom. The van der Waals surface area contributed by atoms with Gasteiger partial charge in [0.2, 0.25) is 11.9 Å². The van der Waals surface area contributed by atoms with Gasteiger partial charge in [-0.1, -0.05) is 44.2 Å². The van der Waals surface area contributed by atoms with E-state index >= 15 is 0 Å². The van der Waals surface area contributed by atoms with Crippen LogP contribution in [0.1, 0.15) is 38.3 Å². The van der Waals surface area contributed by atoms with Crippen molar-refractivity contribution in [2.75, 3.05) is 37.6 Å². The van der Waals surface area contributed by atoms with Crippen LogP contribution in [0.3, 0.4) is 0 Å². The standard InChI is InChI=1S/C22H31N5O/c1-3-26(4-2)20(18-9-6-5-7-10-18)17-25-21(28)19-11-15-27(16-12-19)22-23-13-8-14-24-22/h5-10,13-14,19-20H,3-4,11-12,15-17H2,1-2H3,(H,25,28)/t20-/m1/s1. The maximum atomic E-state index is 12.8. The zero-order valence-electron chi connectivity index (χ0n) is 16.9. The van der Waals surface area contributed by atoms with Gasteiger partial charge in [0.25, 0.3) is 0 Å². The molecule has 3 rings (SSSR count). The summed E-state index contributed by atoms with van der Waals surface area (Å²) in [5, 5.41) is 3.22. The number of aromatic nitrogens is 2. The maximum Gasteiger partial charge on any atom is 0.225 e. The summed E-state index contributed by atoms with van der Waals surface area (Å²) >= 11 is 0. The lowest BCUT2D eigenvalue weighted by Crippen LogP contribution is -2.44. The molecule has 1 atom stereocenters. The molecular weight excluding hydrogens is 350 g/mol. The summed E-state index contributed by atoms with van der Waals surface area (Å²) in [6, 6.07) is 12.5. The summed E-state index contributed by atoms with van der Waals surface area (Å²) in [4.78, 5) is 26.0. The van der Waals surface area contributed by atoms with E-state index in [4.69, 9.17) is 0 Å². The fourth-order valence-corrected chi connectivity index (χ4v) is 3.94. The number of nitrogens with zero attached hydrogens (tertiary/aromatic N) is 4. The molecule has 1 aromatic heterocycles. The average molecular weight is 382 g/mol. The van der Waals surface area contributed by atoms with Crippen molar-refractivity contribution in [2.45, 2.75) is 32.7 Å². The largest absolute Gasteiger partial charge is 0.354 e. The van der Waals surface area contributed by atoms with E-state index in [1.54, 1.807) is 12.4 Å². The number of amides is 1. The summed E-state index contributed by atoms with van der Waals surface area (Å²) in [7, 11) is 0. The van der Waals surface area contributed by atoms with Crippen LogP contribution in [0.15, 0.2) is 48.8 Å². The fourth-order valence-electron chi connectivity index (χ4n) is 3.94. The molecule has 0 aliphatic carbocycles. The van der Waals surface area contributed by atoms with E-state index in [2.05, 4.69) is 63.2 Å². The highest BCUT2D eigenvalue weighted by atomic mass is 16.1. The molecule has 0 bridgehead atoms. The Labute approximate surface area is 168 Å². The minimum absolute atomic E-state index is 0.0630. The first-order valence-electron chi connectivity index (χ1n) is 10.3. The minimum Gasteiger partial charge on any atom is -0.354 e. The van der Waals surface area contributed by atoms with E-state index in [0.29, 0.717) is 6.54 Å². The molecule has 0 unspecified atom stereocenters. The fraction of sp³-hybridized carbons (Fsp3) is 0.500. The van der Waals surface area contributed by atoms with Crippen LogP contribution in [0.4, 0.5) is 5.95 Å². The van der Waals surface area contributed by atoms with Gasteiger partial charge in [0.05, 0.1) is 6.04 Å². The molecule has 1 aliphatic heterocycles. The molecule has 28 heavy (non-hydrogen) atoms. The number of nitrogens with one attached hydrogen (secondary N) is 1. The molecule has 6 heteroatoms. The summed E-state index contributed by atoms with van der Waals surface area (Å²) in [5.41, 5.74) is 1.25. The molecule has 150 valence electrons. The SMILES string of the molecule is CCN(CC)[C@H](CNC(=O)C1CCN(c2ncccn2)CC1)c1ccccc1. The lowest BCUT2D eigenvalue weighted by Gasteiger charge is -2.33. The number of benzene rings is 1.